The van der Waals surface area contributed by atoms with Gasteiger partial charge in [-0.2, -0.15) is 0 Å². The topological polar surface area (TPSA) is 52.6 Å². The molecule has 0 atom stereocenters. The zero-order chi connectivity index (χ0) is 21.6. The first-order valence-corrected chi connectivity index (χ1v) is 11.2. The third-order valence-corrected chi connectivity index (χ3v) is 5.21. The monoisotopic (exact) mass is 410 g/mol. The number of hydrogen-bond donors (Lipinski definition) is 0. The van der Waals surface area contributed by atoms with Gasteiger partial charge in [-0.25, -0.2) is 19.4 Å². The third-order valence-electron chi connectivity index (χ3n) is 5.21. The van der Waals surface area contributed by atoms with Crippen molar-refractivity contribution in [1.82, 2.24) is 0 Å². The van der Waals surface area contributed by atoms with Gasteiger partial charge in [-0.15, -0.1) is 0 Å². The summed E-state index contributed by atoms with van der Waals surface area (Å²) in [7, 11) is 0. The second-order valence-electron chi connectivity index (χ2n) is 7.76. The van der Waals surface area contributed by atoms with Gasteiger partial charge in [0.1, 0.15) is 0 Å². The molecule has 0 amide bonds. The molecule has 4 nitrogen and oxygen atoms in total. The van der Waals surface area contributed by atoms with Crippen LogP contribution in [-0.2, 0) is 22.6 Å². The molecule has 4 heteroatoms. The van der Waals surface area contributed by atoms with Gasteiger partial charge >= 0.3 is 11.9 Å². The maximum Gasteiger partial charge on any atom is 0.386 e. The van der Waals surface area contributed by atoms with Crippen LogP contribution in [0.2, 0.25) is 0 Å². The molecular weight excluding hydrogens is 376 g/mol. The molecule has 2 rings (SSSR count). The van der Waals surface area contributed by atoms with Crippen LogP contribution in [0.3, 0.4) is 0 Å². The third kappa shape index (κ3) is 8.40. The van der Waals surface area contributed by atoms with E-state index in [0.29, 0.717) is 11.1 Å². The van der Waals surface area contributed by atoms with Crippen LogP contribution in [0, 0.1) is 0 Å². The highest BCUT2D eigenvalue weighted by Gasteiger charge is 2.14. The highest BCUT2D eigenvalue weighted by atomic mass is 17.2. The molecule has 2 aromatic carbocycles. The van der Waals surface area contributed by atoms with E-state index < -0.39 is 11.9 Å². The van der Waals surface area contributed by atoms with Gasteiger partial charge in [0.25, 0.3) is 0 Å². The van der Waals surface area contributed by atoms with E-state index in [9.17, 15) is 9.59 Å². The Kier molecular flexibility index (Phi) is 10.7. The summed E-state index contributed by atoms with van der Waals surface area (Å²) in [4.78, 5) is 33.7. The molecule has 0 N–H and O–H groups in total. The van der Waals surface area contributed by atoms with Crippen molar-refractivity contribution in [3.63, 3.8) is 0 Å². The Labute approximate surface area is 180 Å². The van der Waals surface area contributed by atoms with Gasteiger partial charge in [-0.05, 0) is 61.1 Å². The molecule has 0 spiro atoms. The van der Waals surface area contributed by atoms with Crippen LogP contribution >= 0.6 is 0 Å². The van der Waals surface area contributed by atoms with Crippen LogP contribution < -0.4 is 0 Å². The van der Waals surface area contributed by atoms with Crippen molar-refractivity contribution >= 4 is 11.9 Å². The maximum absolute atomic E-state index is 12.1. The fraction of sp³-hybridized carbons (Fsp3) is 0.462. The van der Waals surface area contributed by atoms with Crippen molar-refractivity contribution in [2.24, 2.45) is 0 Å². The first-order valence-electron chi connectivity index (χ1n) is 11.2. The van der Waals surface area contributed by atoms with Crippen molar-refractivity contribution in [2.45, 2.75) is 78.1 Å². The van der Waals surface area contributed by atoms with Crippen LogP contribution in [0.15, 0.2) is 48.5 Å². The molecule has 0 radical (unpaired) electrons. The Balaban J connectivity index is 1.76. The quantitative estimate of drug-likeness (QED) is 0.218. The first-order chi connectivity index (χ1) is 14.6. The van der Waals surface area contributed by atoms with Gasteiger partial charge in [-0.3, -0.25) is 0 Å². The van der Waals surface area contributed by atoms with Crippen molar-refractivity contribution in [3.05, 3.63) is 70.8 Å². The van der Waals surface area contributed by atoms with E-state index in [1.54, 1.807) is 24.3 Å². The molecule has 0 fully saturated rings. The largest absolute Gasteiger partial charge is 0.386 e. The zero-order valence-corrected chi connectivity index (χ0v) is 18.3. The van der Waals surface area contributed by atoms with E-state index in [1.165, 1.54) is 49.7 Å². The number of benzene rings is 2. The molecular formula is C26H34O4. The molecule has 0 aliphatic rings. The summed E-state index contributed by atoms with van der Waals surface area (Å²) >= 11 is 0. The van der Waals surface area contributed by atoms with E-state index in [2.05, 4.69) is 13.8 Å². The Morgan fingerprint density at radius 3 is 1.27 bits per heavy atom. The smallest absolute Gasteiger partial charge is 0.242 e. The van der Waals surface area contributed by atoms with Gasteiger partial charge in [-0.1, -0.05) is 76.6 Å². The predicted octanol–water partition coefficient (Wildman–Crippen LogP) is 6.86. The molecule has 162 valence electrons. The van der Waals surface area contributed by atoms with Gasteiger partial charge in [0.05, 0.1) is 11.1 Å². The molecule has 30 heavy (non-hydrogen) atoms. The Hall–Kier alpha value is -2.62. The van der Waals surface area contributed by atoms with Crippen molar-refractivity contribution in [2.75, 3.05) is 0 Å². The second-order valence-corrected chi connectivity index (χ2v) is 7.76. The minimum atomic E-state index is -0.673. The first kappa shape index (κ1) is 23.7. The Morgan fingerprint density at radius 1 is 0.567 bits per heavy atom. The summed E-state index contributed by atoms with van der Waals surface area (Å²) in [5.41, 5.74) is 3.11. The lowest BCUT2D eigenvalue weighted by Crippen LogP contribution is -2.12. The van der Waals surface area contributed by atoms with Crippen LogP contribution in [0.4, 0.5) is 0 Å². The van der Waals surface area contributed by atoms with E-state index in [-0.39, 0.29) is 0 Å². The Bertz CT molecular complexity index is 695. The second kappa shape index (κ2) is 13.6. The predicted molar refractivity (Wildman–Crippen MR) is 119 cm³/mol. The minimum Gasteiger partial charge on any atom is -0.242 e. The Morgan fingerprint density at radius 2 is 0.933 bits per heavy atom. The van der Waals surface area contributed by atoms with Gasteiger partial charge < -0.3 is 0 Å². The SMILES string of the molecule is CCCCCCc1ccc(C(=O)OOC(=O)c2ccc(CCCCCC)cc2)cc1. The fourth-order valence-corrected chi connectivity index (χ4v) is 3.30. The lowest BCUT2D eigenvalue weighted by molar-refractivity contribution is -0.187. The number of carbonyl (C=O) groups is 2. The highest BCUT2D eigenvalue weighted by molar-refractivity contribution is 5.92. The molecule has 0 bridgehead atoms. The van der Waals surface area contributed by atoms with Crippen LogP contribution in [0.5, 0.6) is 0 Å². The lowest BCUT2D eigenvalue weighted by atomic mass is 10.0. The van der Waals surface area contributed by atoms with Crippen LogP contribution in [0.25, 0.3) is 0 Å². The molecule has 0 saturated carbocycles. The molecule has 0 aliphatic carbocycles. The molecule has 0 unspecified atom stereocenters. The summed E-state index contributed by atoms with van der Waals surface area (Å²) in [6.45, 7) is 4.38. The van der Waals surface area contributed by atoms with Crippen molar-refractivity contribution < 1.29 is 19.4 Å². The maximum atomic E-state index is 12.1. The summed E-state index contributed by atoms with van der Waals surface area (Å²) in [5, 5.41) is 0. The zero-order valence-electron chi connectivity index (χ0n) is 18.3. The van der Waals surface area contributed by atoms with Crippen molar-refractivity contribution in [3.8, 4) is 0 Å². The molecule has 2 aromatic rings. The molecule has 0 aromatic heterocycles. The minimum absolute atomic E-state index is 0.363. The number of rotatable bonds is 12. The van der Waals surface area contributed by atoms with Gasteiger partial charge in [0.15, 0.2) is 0 Å². The number of hydrogen-bond acceptors (Lipinski definition) is 4. The summed E-state index contributed by atoms with van der Waals surface area (Å²) in [5.74, 6) is -1.35. The summed E-state index contributed by atoms with van der Waals surface area (Å²) in [6, 6.07) is 14.5. The van der Waals surface area contributed by atoms with E-state index in [0.717, 1.165) is 25.7 Å². The van der Waals surface area contributed by atoms with Gasteiger partial charge in [0, 0.05) is 0 Å². The number of carbonyl (C=O) groups excluding carboxylic acids is 2. The summed E-state index contributed by atoms with van der Waals surface area (Å²) < 4.78 is 0. The highest BCUT2D eigenvalue weighted by Crippen LogP contribution is 2.13. The fourth-order valence-electron chi connectivity index (χ4n) is 3.30. The number of unbranched alkanes of at least 4 members (excludes halogenated alkanes) is 6. The standard InChI is InChI=1S/C26H34O4/c1-3-5-7-9-11-21-13-17-23(18-14-21)25(27)29-30-26(28)24-19-15-22(16-20-24)12-10-8-6-4-2/h13-20H,3-12H2,1-2H3. The molecule has 0 aliphatic heterocycles. The van der Waals surface area contributed by atoms with E-state index in [4.69, 9.17) is 9.78 Å². The molecule has 0 saturated heterocycles. The average molecular weight is 411 g/mol. The lowest BCUT2D eigenvalue weighted by Gasteiger charge is -2.06. The van der Waals surface area contributed by atoms with E-state index >= 15 is 0 Å². The van der Waals surface area contributed by atoms with E-state index in [1.807, 2.05) is 24.3 Å². The normalized spacial score (nSPS) is 10.6. The number of aryl methyl sites for hydroxylation is 2. The van der Waals surface area contributed by atoms with Crippen LogP contribution in [-0.4, -0.2) is 11.9 Å². The van der Waals surface area contributed by atoms with Gasteiger partial charge in [0.2, 0.25) is 0 Å². The van der Waals surface area contributed by atoms with Crippen molar-refractivity contribution in [1.29, 1.82) is 0 Å². The van der Waals surface area contributed by atoms with Crippen LogP contribution in [0.1, 0.15) is 97.1 Å². The molecule has 0 heterocycles. The average Bonchev–Trinajstić information content (AvgIpc) is 2.78. The summed E-state index contributed by atoms with van der Waals surface area (Å²) in [6.07, 6.45) is 11.7.